The second kappa shape index (κ2) is 5.29. The van der Waals surface area contributed by atoms with E-state index in [9.17, 15) is 9.59 Å². The van der Waals surface area contributed by atoms with Crippen LogP contribution >= 0.6 is 11.6 Å². The van der Waals surface area contributed by atoms with E-state index in [2.05, 4.69) is 0 Å². The number of halogens is 1. The molecule has 0 N–H and O–H groups in total. The normalized spacial score (nSPS) is 15.7. The number of morpholine rings is 1. The predicted octanol–water partition coefficient (Wildman–Crippen LogP) is 1.54. The molecular formula is C12H12ClNO3. The summed E-state index contributed by atoms with van der Waals surface area (Å²) in [5.74, 6) is -0.0898. The summed E-state index contributed by atoms with van der Waals surface area (Å²) >= 11 is 5.38. The molecule has 0 saturated carbocycles. The largest absolute Gasteiger partial charge is 0.378 e. The Hall–Kier alpha value is -1.39. The van der Waals surface area contributed by atoms with Crippen molar-refractivity contribution in [2.45, 2.75) is 0 Å². The zero-order chi connectivity index (χ0) is 12.3. The molecule has 1 aliphatic rings. The Bertz CT molecular complexity index is 441. The topological polar surface area (TPSA) is 46.6 Å². The van der Waals surface area contributed by atoms with Crippen LogP contribution in [0.15, 0.2) is 24.3 Å². The maximum Gasteiger partial charge on any atom is 0.254 e. The van der Waals surface area contributed by atoms with Crippen LogP contribution in [0.5, 0.6) is 0 Å². The number of benzene rings is 1. The maximum atomic E-state index is 12.1. The smallest absolute Gasteiger partial charge is 0.254 e. The van der Waals surface area contributed by atoms with Gasteiger partial charge in [0.25, 0.3) is 11.1 Å². The summed E-state index contributed by atoms with van der Waals surface area (Å²) in [6.07, 6.45) is 0. The summed E-state index contributed by atoms with van der Waals surface area (Å²) < 4.78 is 5.18. The van der Waals surface area contributed by atoms with Crippen LogP contribution in [0.25, 0.3) is 0 Å². The maximum absolute atomic E-state index is 12.1. The quantitative estimate of drug-likeness (QED) is 0.751. The fourth-order valence-corrected chi connectivity index (χ4v) is 1.84. The number of ether oxygens (including phenoxy) is 1. The van der Waals surface area contributed by atoms with Crippen molar-refractivity contribution in [3.8, 4) is 0 Å². The molecule has 17 heavy (non-hydrogen) atoms. The van der Waals surface area contributed by atoms with E-state index in [-0.39, 0.29) is 5.91 Å². The number of rotatable bonds is 2. The zero-order valence-electron chi connectivity index (χ0n) is 9.19. The van der Waals surface area contributed by atoms with Gasteiger partial charge in [0.05, 0.1) is 13.2 Å². The Morgan fingerprint density at radius 2 is 1.82 bits per heavy atom. The highest BCUT2D eigenvalue weighted by Crippen LogP contribution is 2.11. The van der Waals surface area contributed by atoms with Crippen LogP contribution in [-0.4, -0.2) is 42.4 Å². The summed E-state index contributed by atoms with van der Waals surface area (Å²) in [4.78, 5) is 24.8. The van der Waals surface area contributed by atoms with E-state index in [1.54, 1.807) is 23.1 Å². The van der Waals surface area contributed by atoms with E-state index in [0.717, 1.165) is 0 Å². The molecule has 1 amide bonds. The fourth-order valence-electron chi connectivity index (χ4n) is 1.72. The standard InChI is InChI=1S/C12H12ClNO3/c13-11(15)9-2-1-3-10(8-9)12(16)14-4-6-17-7-5-14/h1-3,8H,4-7H2. The molecular weight excluding hydrogens is 242 g/mol. The minimum Gasteiger partial charge on any atom is -0.378 e. The molecule has 5 heteroatoms. The van der Waals surface area contributed by atoms with Crippen molar-refractivity contribution in [3.63, 3.8) is 0 Å². The van der Waals surface area contributed by atoms with E-state index in [1.807, 2.05) is 0 Å². The first-order valence-corrected chi connectivity index (χ1v) is 5.73. The molecule has 90 valence electrons. The molecule has 1 aromatic carbocycles. The lowest BCUT2D eigenvalue weighted by Crippen LogP contribution is -2.40. The van der Waals surface area contributed by atoms with Gasteiger partial charge in [0.2, 0.25) is 0 Å². The first kappa shape index (κ1) is 12.1. The zero-order valence-corrected chi connectivity index (χ0v) is 9.94. The van der Waals surface area contributed by atoms with Crippen LogP contribution in [0, 0.1) is 0 Å². The molecule has 0 atom stereocenters. The van der Waals surface area contributed by atoms with Gasteiger partial charge in [-0.25, -0.2) is 0 Å². The third-order valence-corrected chi connectivity index (χ3v) is 2.85. The molecule has 1 aromatic rings. The highest BCUT2D eigenvalue weighted by atomic mass is 35.5. The molecule has 2 rings (SSSR count). The SMILES string of the molecule is O=C(Cl)c1cccc(C(=O)N2CCOCC2)c1. The van der Waals surface area contributed by atoms with Gasteiger partial charge in [0.1, 0.15) is 0 Å². The summed E-state index contributed by atoms with van der Waals surface area (Å²) in [5.41, 5.74) is 0.823. The first-order chi connectivity index (χ1) is 8.18. The summed E-state index contributed by atoms with van der Waals surface area (Å²) in [6, 6.07) is 6.45. The molecule has 0 unspecified atom stereocenters. The molecule has 0 radical (unpaired) electrons. The van der Waals surface area contributed by atoms with Crippen molar-refractivity contribution in [1.82, 2.24) is 4.90 Å². The second-order valence-electron chi connectivity index (χ2n) is 3.76. The van der Waals surface area contributed by atoms with Crippen LogP contribution in [-0.2, 0) is 4.74 Å². The first-order valence-electron chi connectivity index (χ1n) is 5.35. The summed E-state index contributed by atoms with van der Waals surface area (Å²) in [5, 5.41) is -0.554. The summed E-state index contributed by atoms with van der Waals surface area (Å²) in [7, 11) is 0. The van der Waals surface area contributed by atoms with Crippen molar-refractivity contribution in [1.29, 1.82) is 0 Å². The Labute approximate surface area is 104 Å². The van der Waals surface area contributed by atoms with Crippen molar-refractivity contribution < 1.29 is 14.3 Å². The van der Waals surface area contributed by atoms with Gasteiger partial charge in [0, 0.05) is 24.2 Å². The molecule has 1 saturated heterocycles. The molecule has 1 heterocycles. The average molecular weight is 254 g/mol. The third kappa shape index (κ3) is 2.84. The molecule has 0 spiro atoms. The predicted molar refractivity (Wildman–Crippen MR) is 63.3 cm³/mol. The van der Waals surface area contributed by atoms with E-state index < -0.39 is 5.24 Å². The third-order valence-electron chi connectivity index (χ3n) is 2.63. The van der Waals surface area contributed by atoms with Gasteiger partial charge < -0.3 is 9.64 Å². The van der Waals surface area contributed by atoms with E-state index in [0.29, 0.717) is 37.4 Å². The lowest BCUT2D eigenvalue weighted by Gasteiger charge is -2.26. The highest BCUT2D eigenvalue weighted by Gasteiger charge is 2.18. The number of carbonyl (C=O) groups is 2. The molecule has 0 bridgehead atoms. The molecule has 0 aromatic heterocycles. The summed E-state index contributed by atoms with van der Waals surface area (Å²) in [6.45, 7) is 2.27. The lowest BCUT2D eigenvalue weighted by atomic mass is 10.1. The van der Waals surface area contributed by atoms with Crippen LogP contribution in [0.4, 0.5) is 0 Å². The van der Waals surface area contributed by atoms with Crippen molar-refractivity contribution >= 4 is 22.8 Å². The average Bonchev–Trinajstić information content (AvgIpc) is 2.39. The Balaban J connectivity index is 2.18. The van der Waals surface area contributed by atoms with Gasteiger partial charge in [-0.2, -0.15) is 0 Å². The van der Waals surface area contributed by atoms with Crippen molar-refractivity contribution in [3.05, 3.63) is 35.4 Å². The van der Waals surface area contributed by atoms with Crippen LogP contribution in [0.2, 0.25) is 0 Å². The van der Waals surface area contributed by atoms with Crippen molar-refractivity contribution in [2.24, 2.45) is 0 Å². The molecule has 1 aliphatic heterocycles. The van der Waals surface area contributed by atoms with Crippen LogP contribution < -0.4 is 0 Å². The van der Waals surface area contributed by atoms with Gasteiger partial charge in [-0.1, -0.05) is 12.1 Å². The lowest BCUT2D eigenvalue weighted by molar-refractivity contribution is 0.0303. The van der Waals surface area contributed by atoms with Gasteiger partial charge in [-0.05, 0) is 23.7 Å². The highest BCUT2D eigenvalue weighted by molar-refractivity contribution is 6.67. The van der Waals surface area contributed by atoms with E-state index in [1.165, 1.54) is 6.07 Å². The minimum atomic E-state index is -0.554. The fraction of sp³-hybridized carbons (Fsp3) is 0.333. The van der Waals surface area contributed by atoms with Gasteiger partial charge >= 0.3 is 0 Å². The molecule has 4 nitrogen and oxygen atoms in total. The number of nitrogens with zero attached hydrogens (tertiary/aromatic N) is 1. The Morgan fingerprint density at radius 1 is 1.18 bits per heavy atom. The number of hydrogen-bond acceptors (Lipinski definition) is 3. The van der Waals surface area contributed by atoms with Gasteiger partial charge in [-0.15, -0.1) is 0 Å². The number of carbonyl (C=O) groups excluding carboxylic acids is 2. The second-order valence-corrected chi connectivity index (χ2v) is 4.10. The van der Waals surface area contributed by atoms with E-state index >= 15 is 0 Å². The monoisotopic (exact) mass is 253 g/mol. The van der Waals surface area contributed by atoms with Crippen LogP contribution in [0.1, 0.15) is 20.7 Å². The van der Waals surface area contributed by atoms with Crippen molar-refractivity contribution in [2.75, 3.05) is 26.3 Å². The Morgan fingerprint density at radius 3 is 2.47 bits per heavy atom. The van der Waals surface area contributed by atoms with E-state index in [4.69, 9.17) is 16.3 Å². The number of hydrogen-bond donors (Lipinski definition) is 0. The van der Waals surface area contributed by atoms with Gasteiger partial charge in [-0.3, -0.25) is 9.59 Å². The minimum absolute atomic E-state index is 0.0898. The molecule has 0 aliphatic carbocycles. The van der Waals surface area contributed by atoms with Gasteiger partial charge in [0.15, 0.2) is 0 Å². The van der Waals surface area contributed by atoms with Crippen LogP contribution in [0.3, 0.4) is 0 Å². The number of amides is 1. The molecule has 1 fully saturated rings. The Kier molecular flexibility index (Phi) is 3.76.